The number of esters is 1. The number of para-hydroxylation sites is 1. The van der Waals surface area contributed by atoms with E-state index in [1.54, 1.807) is 24.3 Å². The summed E-state index contributed by atoms with van der Waals surface area (Å²) in [4.78, 5) is 57.8. The zero-order chi connectivity index (χ0) is 29.0. The minimum atomic E-state index is -0.741. The number of carbonyl (C=O) groups excluding carboxylic acids is 3. The number of nitrogens with one attached hydrogen (secondary N) is 2. The van der Waals surface area contributed by atoms with Gasteiger partial charge < -0.3 is 25.0 Å². The fourth-order valence-electron chi connectivity index (χ4n) is 5.83. The van der Waals surface area contributed by atoms with Crippen LogP contribution in [0.25, 0.3) is 10.9 Å². The molecule has 4 rings (SSSR count). The van der Waals surface area contributed by atoms with E-state index in [1.165, 1.54) is 11.7 Å². The molecule has 40 heavy (non-hydrogen) atoms. The summed E-state index contributed by atoms with van der Waals surface area (Å²) in [5.74, 6) is -0.531. The average molecular weight is 556 g/mol. The van der Waals surface area contributed by atoms with E-state index in [9.17, 15) is 19.2 Å². The van der Waals surface area contributed by atoms with Gasteiger partial charge in [0.15, 0.2) is 5.78 Å². The fraction of sp³-hybridized carbons (Fsp3) is 0.621. The standard InChI is InChI=1S/C29H41N5O6/c1-29(2)13-9-8-10-18(29)14-20(27(37)31-21-17-40-23(25(21)36)15-33(3)4)30-26-19-11-6-7-12-22(19)34(28(38)32-26)16-24(35)39-5/h6-7,11-12,18,20-21,23H,8-10,13-17H2,1-5H3,(H,31,37)(H,30,32,38). The van der Waals surface area contributed by atoms with E-state index in [0.717, 1.165) is 25.7 Å². The lowest BCUT2D eigenvalue weighted by molar-refractivity contribution is -0.141. The summed E-state index contributed by atoms with van der Waals surface area (Å²) in [6.07, 6.45) is 4.23. The molecular weight excluding hydrogens is 514 g/mol. The van der Waals surface area contributed by atoms with Crippen molar-refractivity contribution in [2.45, 2.75) is 70.7 Å². The van der Waals surface area contributed by atoms with Crippen molar-refractivity contribution in [2.75, 3.05) is 39.7 Å². The van der Waals surface area contributed by atoms with Crippen molar-refractivity contribution in [3.8, 4) is 0 Å². The summed E-state index contributed by atoms with van der Waals surface area (Å²) in [5.41, 5.74) is -0.0888. The third kappa shape index (κ3) is 6.69. The summed E-state index contributed by atoms with van der Waals surface area (Å²) >= 11 is 0. The predicted molar refractivity (Wildman–Crippen MR) is 151 cm³/mol. The first-order chi connectivity index (χ1) is 19.0. The lowest BCUT2D eigenvalue weighted by atomic mass is 9.66. The second-order valence-electron chi connectivity index (χ2n) is 11.8. The van der Waals surface area contributed by atoms with Gasteiger partial charge in [-0.1, -0.05) is 38.8 Å². The molecule has 1 saturated carbocycles. The monoisotopic (exact) mass is 555 g/mol. The molecule has 0 spiro atoms. The van der Waals surface area contributed by atoms with Crippen LogP contribution in [0.5, 0.6) is 0 Å². The second-order valence-corrected chi connectivity index (χ2v) is 11.8. The minimum Gasteiger partial charge on any atom is -0.468 e. The number of fused-ring (bicyclic) bond motifs is 1. The first-order valence-corrected chi connectivity index (χ1v) is 13.9. The highest BCUT2D eigenvalue weighted by molar-refractivity contribution is 5.97. The van der Waals surface area contributed by atoms with Crippen molar-refractivity contribution in [3.63, 3.8) is 0 Å². The molecule has 2 aliphatic rings. The van der Waals surface area contributed by atoms with Gasteiger partial charge in [-0.25, -0.2) is 4.79 Å². The Bertz CT molecular complexity index is 1310. The van der Waals surface area contributed by atoms with Crippen LogP contribution in [0.1, 0.15) is 46.0 Å². The summed E-state index contributed by atoms with van der Waals surface area (Å²) in [7, 11) is 4.99. The maximum atomic E-state index is 13.8. The van der Waals surface area contributed by atoms with Gasteiger partial charge in [-0.15, -0.1) is 0 Å². The van der Waals surface area contributed by atoms with Crippen LogP contribution in [0.2, 0.25) is 0 Å². The highest BCUT2D eigenvalue weighted by Crippen LogP contribution is 2.43. The van der Waals surface area contributed by atoms with Crippen LogP contribution in [0.4, 0.5) is 5.82 Å². The lowest BCUT2D eigenvalue weighted by Gasteiger charge is -2.40. The van der Waals surface area contributed by atoms with Crippen LogP contribution in [0.3, 0.4) is 0 Å². The molecular formula is C29H41N5O6. The van der Waals surface area contributed by atoms with E-state index < -0.39 is 29.8 Å². The summed E-state index contributed by atoms with van der Waals surface area (Å²) in [5, 5.41) is 6.77. The first-order valence-electron chi connectivity index (χ1n) is 13.9. The van der Waals surface area contributed by atoms with Gasteiger partial charge in [-0.05, 0) is 56.8 Å². The van der Waals surface area contributed by atoms with Gasteiger partial charge in [-0.2, -0.15) is 4.98 Å². The third-order valence-electron chi connectivity index (χ3n) is 8.25. The average Bonchev–Trinajstić information content (AvgIpc) is 3.24. The van der Waals surface area contributed by atoms with Crippen LogP contribution in [-0.2, 0) is 30.4 Å². The van der Waals surface area contributed by atoms with Crippen molar-refractivity contribution >= 4 is 34.4 Å². The highest BCUT2D eigenvalue weighted by atomic mass is 16.5. The van der Waals surface area contributed by atoms with Gasteiger partial charge >= 0.3 is 11.7 Å². The normalized spacial score (nSPS) is 23.2. The van der Waals surface area contributed by atoms with Gasteiger partial charge in [-0.3, -0.25) is 19.0 Å². The number of hydrogen-bond acceptors (Lipinski definition) is 9. The van der Waals surface area contributed by atoms with Crippen molar-refractivity contribution in [2.24, 2.45) is 11.3 Å². The van der Waals surface area contributed by atoms with Crippen molar-refractivity contribution in [1.29, 1.82) is 0 Å². The number of ether oxygens (including phenoxy) is 2. The van der Waals surface area contributed by atoms with Crippen LogP contribution < -0.4 is 16.3 Å². The number of aromatic nitrogens is 2. The Balaban J connectivity index is 1.64. The van der Waals surface area contributed by atoms with Gasteiger partial charge in [0, 0.05) is 11.9 Å². The van der Waals surface area contributed by atoms with Crippen molar-refractivity contribution in [1.82, 2.24) is 19.8 Å². The molecule has 4 unspecified atom stereocenters. The van der Waals surface area contributed by atoms with E-state index in [0.29, 0.717) is 23.9 Å². The summed E-state index contributed by atoms with van der Waals surface area (Å²) in [6.45, 7) is 4.75. The Hall–Kier alpha value is -3.31. The van der Waals surface area contributed by atoms with Gasteiger partial charge in [0.2, 0.25) is 5.91 Å². The molecule has 0 bridgehead atoms. The Morgan fingerprint density at radius 3 is 2.67 bits per heavy atom. The molecule has 1 saturated heterocycles. The molecule has 2 N–H and O–H groups in total. The SMILES string of the molecule is COC(=O)Cn1c(=O)nc(NC(CC2CCCCC2(C)C)C(=O)NC2COC(CN(C)C)C2=O)c2ccccc21. The molecule has 1 aromatic heterocycles. The molecule has 1 amide bonds. The van der Waals surface area contributed by atoms with E-state index in [1.807, 2.05) is 19.0 Å². The van der Waals surface area contributed by atoms with Crippen LogP contribution in [0, 0.1) is 11.3 Å². The number of carbonyl (C=O) groups is 3. The van der Waals surface area contributed by atoms with Crippen molar-refractivity contribution in [3.05, 3.63) is 34.7 Å². The van der Waals surface area contributed by atoms with E-state index >= 15 is 0 Å². The van der Waals surface area contributed by atoms with E-state index in [-0.39, 0.29) is 42.0 Å². The van der Waals surface area contributed by atoms with Crippen LogP contribution >= 0.6 is 0 Å². The molecule has 2 aromatic rings. The lowest BCUT2D eigenvalue weighted by Crippen LogP contribution is -2.50. The quantitative estimate of drug-likeness (QED) is 0.422. The number of anilines is 1. The molecule has 2 fully saturated rings. The summed E-state index contributed by atoms with van der Waals surface area (Å²) in [6, 6.07) is 5.61. The minimum absolute atomic E-state index is 0.0426. The van der Waals surface area contributed by atoms with Gasteiger partial charge in [0.25, 0.3) is 0 Å². The zero-order valence-electron chi connectivity index (χ0n) is 24.1. The molecule has 11 nitrogen and oxygen atoms in total. The highest BCUT2D eigenvalue weighted by Gasteiger charge is 2.40. The number of amides is 1. The summed E-state index contributed by atoms with van der Waals surface area (Å²) < 4.78 is 11.7. The Kier molecular flexibility index (Phi) is 9.25. The molecule has 218 valence electrons. The molecule has 1 aromatic carbocycles. The number of Topliss-reactive ketones (excluding diaryl/α,β-unsaturated/α-hetero) is 1. The molecule has 1 aliphatic carbocycles. The maximum absolute atomic E-state index is 13.8. The molecule has 0 radical (unpaired) electrons. The number of ketones is 1. The number of nitrogens with zero attached hydrogens (tertiary/aromatic N) is 3. The first kappa shape index (κ1) is 29.7. The molecule has 4 atom stereocenters. The van der Waals surface area contributed by atoms with Gasteiger partial charge in [0.05, 0.1) is 19.2 Å². The Morgan fingerprint density at radius 1 is 1.23 bits per heavy atom. The molecule has 11 heteroatoms. The number of methoxy groups -OCH3 is 1. The van der Waals surface area contributed by atoms with Crippen LogP contribution in [-0.4, -0.2) is 84.7 Å². The number of benzene rings is 1. The smallest absolute Gasteiger partial charge is 0.350 e. The van der Waals surface area contributed by atoms with E-state index in [2.05, 4.69) is 29.5 Å². The number of rotatable bonds is 10. The fourth-order valence-corrected chi connectivity index (χ4v) is 5.83. The topological polar surface area (TPSA) is 132 Å². The van der Waals surface area contributed by atoms with Gasteiger partial charge in [0.1, 0.15) is 30.6 Å². The number of likely N-dealkylation sites (N-methyl/N-ethyl adjacent to an activating group) is 1. The molecule has 1 aliphatic heterocycles. The molecule has 2 heterocycles. The van der Waals surface area contributed by atoms with E-state index in [4.69, 9.17) is 9.47 Å². The second kappa shape index (κ2) is 12.5. The van der Waals surface area contributed by atoms with Crippen molar-refractivity contribution < 1.29 is 23.9 Å². The maximum Gasteiger partial charge on any atom is 0.350 e. The third-order valence-corrected chi connectivity index (χ3v) is 8.25. The zero-order valence-corrected chi connectivity index (χ0v) is 24.1. The van der Waals surface area contributed by atoms with Crippen LogP contribution in [0.15, 0.2) is 29.1 Å². The largest absolute Gasteiger partial charge is 0.468 e. The Labute approximate surface area is 234 Å². The number of hydrogen-bond donors (Lipinski definition) is 2. The predicted octanol–water partition coefficient (Wildman–Crippen LogP) is 1.97. The Morgan fingerprint density at radius 2 is 1.98 bits per heavy atom.